The van der Waals surface area contributed by atoms with Crippen LogP contribution in [0, 0.1) is 0 Å². The lowest BCUT2D eigenvalue weighted by molar-refractivity contribution is 1.07. The summed E-state index contributed by atoms with van der Waals surface area (Å²) in [6.45, 7) is 3.94. The minimum atomic E-state index is 0.582. The molecule has 0 saturated heterocycles. The second-order valence-corrected chi connectivity index (χ2v) is 16.8. The summed E-state index contributed by atoms with van der Waals surface area (Å²) in [4.78, 5) is 15.6. The zero-order valence-electron chi connectivity index (χ0n) is 37.1. The van der Waals surface area contributed by atoms with Crippen molar-refractivity contribution in [2.75, 3.05) is 0 Å². The highest BCUT2D eigenvalue weighted by molar-refractivity contribution is 6.13. The van der Waals surface area contributed by atoms with Crippen molar-refractivity contribution in [3.63, 3.8) is 0 Å². The Hall–Kier alpha value is -9.19. The molecule has 0 saturated carbocycles. The van der Waals surface area contributed by atoms with Gasteiger partial charge in [-0.3, -0.25) is 0 Å². The van der Waals surface area contributed by atoms with Crippen LogP contribution in [0.1, 0.15) is 5.56 Å². The van der Waals surface area contributed by atoms with Gasteiger partial charge in [-0.1, -0.05) is 207 Å². The van der Waals surface area contributed by atoms with Gasteiger partial charge in [0.15, 0.2) is 17.5 Å². The van der Waals surface area contributed by atoms with Gasteiger partial charge in [0, 0.05) is 49.5 Å². The first-order valence-corrected chi connectivity index (χ1v) is 22.9. The number of allylic oxidation sites excluding steroid dienone is 4. The van der Waals surface area contributed by atoms with E-state index < -0.39 is 0 Å². The fourth-order valence-electron chi connectivity index (χ4n) is 9.64. The average Bonchev–Trinajstić information content (AvgIpc) is 3.92. The van der Waals surface area contributed by atoms with Gasteiger partial charge in [0.05, 0.1) is 27.8 Å². The van der Waals surface area contributed by atoms with E-state index in [0.717, 1.165) is 72.3 Å². The van der Waals surface area contributed by atoms with Crippen molar-refractivity contribution in [1.29, 1.82) is 0 Å². The second-order valence-electron chi connectivity index (χ2n) is 16.8. The van der Waals surface area contributed by atoms with E-state index in [-0.39, 0.29) is 0 Å². The molecule has 0 radical (unpaired) electrons. The van der Waals surface area contributed by atoms with Gasteiger partial charge in [0.25, 0.3) is 0 Å². The summed E-state index contributed by atoms with van der Waals surface area (Å²) in [7, 11) is 0. The molecule has 0 spiro atoms. The van der Waals surface area contributed by atoms with Crippen LogP contribution in [-0.4, -0.2) is 24.1 Å². The lowest BCUT2D eigenvalue weighted by Gasteiger charge is -2.19. The lowest BCUT2D eigenvalue weighted by Crippen LogP contribution is -2.04. The number of nitrogens with zero attached hydrogens (tertiary/aromatic N) is 5. The molecule has 0 fully saturated rings. The maximum absolute atomic E-state index is 5.27. The highest BCUT2D eigenvalue weighted by atomic mass is 15.0. The number of hydrogen-bond donors (Lipinski definition) is 0. The number of fused-ring (bicyclic) bond motifs is 6. The van der Waals surface area contributed by atoms with Gasteiger partial charge in [0.2, 0.25) is 0 Å². The molecule has 0 aliphatic carbocycles. The predicted octanol–water partition coefficient (Wildman–Crippen LogP) is 16.2. The van der Waals surface area contributed by atoms with Gasteiger partial charge >= 0.3 is 0 Å². The molecule has 0 N–H and O–H groups in total. The van der Waals surface area contributed by atoms with E-state index in [1.807, 2.05) is 36.4 Å². The molecular weight excluding hydrogens is 827 g/mol. The van der Waals surface area contributed by atoms with Crippen LogP contribution >= 0.6 is 0 Å². The standard InChI is InChI=1S/C63H43N5/c1-2-3-4-8-27-48-40-49(63-65-61(46-25-13-7-14-26-46)64-62(66-63)47-36-34-44(35-37-47)43-21-9-5-10-22-43)41-54(45-23-11-6-12-24-45)60(48)68-58-33-20-17-30-53(58)55-42-50(38-39-59(55)68)67-56-31-18-15-28-51(56)52-29-16-19-32-57(52)67/h2-42H,1H2/b4-3-,27-8+. The fourth-order valence-corrected chi connectivity index (χ4v) is 9.64. The summed E-state index contributed by atoms with van der Waals surface area (Å²) in [6.07, 6.45) is 10.0. The Kier molecular flexibility index (Phi) is 10.3. The van der Waals surface area contributed by atoms with Crippen molar-refractivity contribution >= 4 is 49.7 Å². The van der Waals surface area contributed by atoms with Gasteiger partial charge < -0.3 is 9.13 Å². The first kappa shape index (κ1) is 40.3. The molecule has 3 aromatic heterocycles. The molecule has 68 heavy (non-hydrogen) atoms. The van der Waals surface area contributed by atoms with E-state index in [1.165, 1.54) is 27.2 Å². The summed E-state index contributed by atoms with van der Waals surface area (Å²) in [5.41, 5.74) is 14.8. The number of hydrogen-bond acceptors (Lipinski definition) is 3. The van der Waals surface area contributed by atoms with Crippen molar-refractivity contribution in [2.24, 2.45) is 0 Å². The molecule has 12 aromatic rings. The Morgan fingerprint density at radius 2 is 0.794 bits per heavy atom. The molecule has 0 aliphatic rings. The smallest absolute Gasteiger partial charge is 0.164 e. The Balaban J connectivity index is 1.10. The Morgan fingerprint density at radius 3 is 1.40 bits per heavy atom. The summed E-state index contributed by atoms with van der Waals surface area (Å²) in [6, 6.07) is 77.2. The van der Waals surface area contributed by atoms with E-state index in [1.54, 1.807) is 6.08 Å². The van der Waals surface area contributed by atoms with E-state index in [9.17, 15) is 0 Å². The van der Waals surface area contributed by atoms with Crippen LogP contribution in [0.3, 0.4) is 0 Å². The van der Waals surface area contributed by atoms with Crippen LogP contribution in [0.5, 0.6) is 0 Å². The predicted molar refractivity (Wildman–Crippen MR) is 284 cm³/mol. The normalized spacial score (nSPS) is 11.8. The highest BCUT2D eigenvalue weighted by Gasteiger charge is 2.23. The minimum absolute atomic E-state index is 0.582. The zero-order valence-corrected chi connectivity index (χ0v) is 37.1. The minimum Gasteiger partial charge on any atom is -0.309 e. The monoisotopic (exact) mass is 869 g/mol. The van der Waals surface area contributed by atoms with Gasteiger partial charge in [-0.15, -0.1) is 0 Å². The third-order valence-corrected chi connectivity index (χ3v) is 12.8. The van der Waals surface area contributed by atoms with Crippen molar-refractivity contribution < 1.29 is 0 Å². The lowest BCUT2D eigenvalue weighted by atomic mass is 9.95. The molecule has 3 heterocycles. The van der Waals surface area contributed by atoms with Gasteiger partial charge in [-0.25, -0.2) is 15.0 Å². The first-order chi connectivity index (χ1) is 33.7. The van der Waals surface area contributed by atoms with Crippen LogP contribution in [0.4, 0.5) is 0 Å². The maximum Gasteiger partial charge on any atom is 0.164 e. The van der Waals surface area contributed by atoms with Crippen LogP contribution in [0.25, 0.3) is 117 Å². The quantitative estimate of drug-likeness (QED) is 0.129. The molecule has 320 valence electrons. The molecule has 5 nitrogen and oxygen atoms in total. The van der Waals surface area contributed by atoms with Crippen molar-refractivity contribution in [3.05, 3.63) is 255 Å². The van der Waals surface area contributed by atoms with Crippen molar-refractivity contribution in [2.45, 2.75) is 0 Å². The number of benzene rings is 9. The van der Waals surface area contributed by atoms with Gasteiger partial charge in [-0.2, -0.15) is 0 Å². The summed E-state index contributed by atoms with van der Waals surface area (Å²) in [5, 5.41) is 4.81. The van der Waals surface area contributed by atoms with E-state index in [4.69, 9.17) is 15.0 Å². The Bertz CT molecular complexity index is 3840. The summed E-state index contributed by atoms with van der Waals surface area (Å²) in [5.74, 6) is 1.79. The molecule has 0 unspecified atom stereocenters. The van der Waals surface area contributed by atoms with E-state index in [2.05, 4.69) is 222 Å². The number of aromatic nitrogens is 5. The molecule has 0 aliphatic heterocycles. The van der Waals surface area contributed by atoms with Crippen LogP contribution < -0.4 is 0 Å². The average molecular weight is 870 g/mol. The van der Waals surface area contributed by atoms with E-state index in [0.29, 0.717) is 17.5 Å². The van der Waals surface area contributed by atoms with Crippen molar-refractivity contribution in [3.8, 4) is 67.8 Å². The third-order valence-electron chi connectivity index (χ3n) is 12.8. The highest BCUT2D eigenvalue weighted by Crippen LogP contribution is 2.42. The van der Waals surface area contributed by atoms with Gasteiger partial charge in [0.1, 0.15) is 0 Å². The molecule has 0 atom stereocenters. The van der Waals surface area contributed by atoms with Crippen molar-refractivity contribution in [1.82, 2.24) is 24.1 Å². The van der Waals surface area contributed by atoms with Gasteiger partial charge in [-0.05, 0) is 70.8 Å². The molecule has 5 heteroatoms. The fraction of sp³-hybridized carbons (Fsp3) is 0. The van der Waals surface area contributed by atoms with Crippen LogP contribution in [0.15, 0.2) is 249 Å². The van der Waals surface area contributed by atoms with Crippen LogP contribution in [0.2, 0.25) is 0 Å². The molecular formula is C63H43N5. The SMILES string of the molecule is C=C/C=C\C=C\c1cc(-c2nc(-c3ccccc3)nc(-c3ccc(-c4ccccc4)cc3)n2)cc(-c2ccccc2)c1-n1c2ccccc2c2cc(-n3c4ccccc4c4ccccc43)ccc21. The first-order valence-electron chi connectivity index (χ1n) is 22.9. The summed E-state index contributed by atoms with van der Waals surface area (Å²) >= 11 is 0. The molecule has 12 rings (SSSR count). The topological polar surface area (TPSA) is 48.5 Å². The Morgan fingerprint density at radius 1 is 0.338 bits per heavy atom. The zero-order chi connectivity index (χ0) is 45.4. The molecule has 0 bridgehead atoms. The largest absolute Gasteiger partial charge is 0.309 e. The summed E-state index contributed by atoms with van der Waals surface area (Å²) < 4.78 is 4.83. The Labute approximate surface area is 394 Å². The maximum atomic E-state index is 5.27. The van der Waals surface area contributed by atoms with Crippen LogP contribution in [-0.2, 0) is 0 Å². The number of rotatable bonds is 10. The molecule has 9 aromatic carbocycles. The number of para-hydroxylation sites is 3. The van der Waals surface area contributed by atoms with E-state index >= 15 is 0 Å². The molecule has 0 amide bonds. The third kappa shape index (κ3) is 7.20. The second kappa shape index (κ2) is 17.3.